The molecule has 0 N–H and O–H groups in total. The van der Waals surface area contributed by atoms with Gasteiger partial charge in [-0.2, -0.15) is 0 Å². The third-order valence-electron chi connectivity index (χ3n) is 7.41. The van der Waals surface area contributed by atoms with Crippen LogP contribution in [0.5, 0.6) is 5.75 Å². The first-order chi connectivity index (χ1) is 15.5. The smallest absolute Gasteiger partial charge is 0.414 e. The first-order valence-corrected chi connectivity index (χ1v) is 12.0. The molecule has 3 aliphatic heterocycles. The van der Waals surface area contributed by atoms with Crippen molar-refractivity contribution < 1.29 is 23.0 Å². The van der Waals surface area contributed by atoms with E-state index in [1.54, 1.807) is 4.90 Å². The first kappa shape index (κ1) is 21.9. The highest BCUT2D eigenvalue weighted by atomic mass is 19.3. The van der Waals surface area contributed by atoms with Gasteiger partial charge in [0.2, 0.25) is 0 Å². The van der Waals surface area contributed by atoms with Crippen molar-refractivity contribution in [3.05, 3.63) is 24.3 Å². The normalized spacial score (nSPS) is 31.2. The van der Waals surface area contributed by atoms with Crippen molar-refractivity contribution in [1.82, 2.24) is 9.80 Å². The molecule has 5 rings (SSSR count). The van der Waals surface area contributed by atoms with E-state index >= 15 is 0 Å². The molecule has 176 valence electrons. The van der Waals surface area contributed by atoms with Crippen LogP contribution < -0.4 is 9.64 Å². The molecule has 1 saturated carbocycles. The van der Waals surface area contributed by atoms with Gasteiger partial charge >= 0.3 is 6.09 Å². The van der Waals surface area contributed by atoms with Crippen LogP contribution in [0.25, 0.3) is 0 Å². The van der Waals surface area contributed by atoms with E-state index < -0.39 is 5.92 Å². The number of benzene rings is 1. The molecule has 0 bridgehead atoms. The monoisotopic (exact) mass is 449 g/mol. The van der Waals surface area contributed by atoms with Crippen LogP contribution in [0.15, 0.2) is 24.3 Å². The number of halogens is 2. The number of hydrogen-bond donors (Lipinski definition) is 0. The molecule has 1 atom stereocenters. The van der Waals surface area contributed by atoms with Gasteiger partial charge in [0.15, 0.2) is 0 Å². The van der Waals surface area contributed by atoms with E-state index in [9.17, 15) is 13.6 Å². The molecular weight excluding hydrogens is 416 g/mol. The van der Waals surface area contributed by atoms with Crippen LogP contribution in [0, 0.1) is 0 Å². The molecule has 0 aromatic heterocycles. The lowest BCUT2D eigenvalue weighted by Crippen LogP contribution is -2.50. The summed E-state index contributed by atoms with van der Waals surface area (Å²) in [6, 6.07) is 8.09. The molecule has 32 heavy (non-hydrogen) atoms. The minimum Gasteiger partial charge on any atom is -0.490 e. The summed E-state index contributed by atoms with van der Waals surface area (Å²) in [5.74, 6) is -1.75. The second-order valence-corrected chi connectivity index (χ2v) is 9.71. The first-order valence-electron chi connectivity index (χ1n) is 12.0. The number of ether oxygens (including phenoxy) is 2. The summed E-state index contributed by atoms with van der Waals surface area (Å²) < 4.78 is 38.3. The number of rotatable bonds is 6. The van der Waals surface area contributed by atoms with Gasteiger partial charge in [0, 0.05) is 57.0 Å². The van der Waals surface area contributed by atoms with E-state index in [1.165, 1.54) is 32.4 Å². The summed E-state index contributed by atoms with van der Waals surface area (Å²) in [7, 11) is 0. The molecule has 4 fully saturated rings. The standard InChI is InChI=1S/C24H33F2N3O3/c25-24(26)8-12-27(13-9-24)16-20-17-31-23(30)29(20)18-4-6-21(7-5-18)32-22-14-19(15-22)28-10-2-1-3-11-28/h4-7,19-20,22H,1-3,8-17H2/t19?,20-,22?/m1/s1. The van der Waals surface area contributed by atoms with E-state index in [-0.39, 0.29) is 37.7 Å². The summed E-state index contributed by atoms with van der Waals surface area (Å²) in [5.41, 5.74) is 0.756. The lowest BCUT2D eigenvalue weighted by molar-refractivity contribution is -0.0558. The lowest BCUT2D eigenvalue weighted by atomic mass is 9.86. The average Bonchev–Trinajstić information content (AvgIpc) is 3.13. The Kier molecular flexibility index (Phi) is 6.25. The lowest BCUT2D eigenvalue weighted by Gasteiger charge is -2.44. The highest BCUT2D eigenvalue weighted by molar-refractivity contribution is 5.90. The predicted octanol–water partition coefficient (Wildman–Crippen LogP) is 4.14. The number of hydrogen-bond acceptors (Lipinski definition) is 5. The van der Waals surface area contributed by atoms with Gasteiger partial charge in [0.1, 0.15) is 18.5 Å². The average molecular weight is 450 g/mol. The highest BCUT2D eigenvalue weighted by Gasteiger charge is 2.39. The largest absolute Gasteiger partial charge is 0.490 e. The van der Waals surface area contributed by atoms with Crippen molar-refractivity contribution in [2.24, 2.45) is 0 Å². The maximum absolute atomic E-state index is 13.4. The van der Waals surface area contributed by atoms with Crippen molar-refractivity contribution >= 4 is 11.8 Å². The fourth-order valence-electron chi connectivity index (χ4n) is 5.37. The zero-order valence-corrected chi connectivity index (χ0v) is 18.6. The third kappa shape index (κ3) is 4.86. The van der Waals surface area contributed by atoms with Crippen LogP contribution in [0.1, 0.15) is 44.9 Å². The fourth-order valence-corrected chi connectivity index (χ4v) is 5.37. The van der Waals surface area contributed by atoms with E-state index in [1.807, 2.05) is 29.2 Å². The topological polar surface area (TPSA) is 45.3 Å². The Morgan fingerprint density at radius 2 is 1.69 bits per heavy atom. The van der Waals surface area contributed by atoms with Crippen molar-refractivity contribution in [2.75, 3.05) is 44.2 Å². The molecule has 1 aromatic carbocycles. The van der Waals surface area contributed by atoms with E-state index in [2.05, 4.69) is 4.90 Å². The molecule has 1 amide bonds. The van der Waals surface area contributed by atoms with E-state index in [0.29, 0.717) is 25.7 Å². The van der Waals surface area contributed by atoms with Crippen LogP contribution in [0.3, 0.4) is 0 Å². The third-order valence-corrected chi connectivity index (χ3v) is 7.41. The van der Waals surface area contributed by atoms with Gasteiger partial charge in [0.05, 0.1) is 6.04 Å². The molecule has 1 aromatic rings. The van der Waals surface area contributed by atoms with Crippen LogP contribution in [-0.2, 0) is 4.74 Å². The molecule has 4 aliphatic rings. The van der Waals surface area contributed by atoms with Gasteiger partial charge in [-0.25, -0.2) is 13.6 Å². The molecule has 0 spiro atoms. The quantitative estimate of drug-likeness (QED) is 0.653. The van der Waals surface area contributed by atoms with Gasteiger partial charge in [-0.3, -0.25) is 4.90 Å². The van der Waals surface area contributed by atoms with Crippen molar-refractivity contribution in [3.63, 3.8) is 0 Å². The Morgan fingerprint density at radius 3 is 2.38 bits per heavy atom. The minimum absolute atomic E-state index is 0.125. The number of amides is 1. The molecule has 3 saturated heterocycles. The summed E-state index contributed by atoms with van der Waals surface area (Å²) in [6.45, 7) is 3.96. The number of carbonyl (C=O) groups is 1. The summed E-state index contributed by atoms with van der Waals surface area (Å²) in [5, 5.41) is 0. The number of alkyl halides is 2. The minimum atomic E-state index is -2.57. The SMILES string of the molecule is O=C1OC[C@@H](CN2CCC(F)(F)CC2)N1c1ccc(OC2CC(N3CCCCC3)C2)cc1. The van der Waals surface area contributed by atoms with Crippen LogP contribution >= 0.6 is 0 Å². The Morgan fingerprint density at radius 1 is 1.00 bits per heavy atom. The number of nitrogens with zero attached hydrogens (tertiary/aromatic N) is 3. The van der Waals surface area contributed by atoms with Crippen LogP contribution in [0.4, 0.5) is 19.3 Å². The second-order valence-electron chi connectivity index (χ2n) is 9.71. The Labute approximate surface area is 188 Å². The maximum atomic E-state index is 13.4. The predicted molar refractivity (Wildman–Crippen MR) is 118 cm³/mol. The fraction of sp³-hybridized carbons (Fsp3) is 0.708. The van der Waals surface area contributed by atoms with Crippen LogP contribution in [0.2, 0.25) is 0 Å². The number of cyclic esters (lactones) is 1. The summed E-state index contributed by atoms with van der Waals surface area (Å²) >= 11 is 0. The molecule has 0 radical (unpaired) electrons. The Hall–Kier alpha value is -1.93. The molecular formula is C24H33F2N3O3. The number of anilines is 1. The highest BCUT2D eigenvalue weighted by Crippen LogP contribution is 2.33. The zero-order valence-electron chi connectivity index (χ0n) is 18.6. The second kappa shape index (κ2) is 9.14. The number of likely N-dealkylation sites (tertiary alicyclic amines) is 2. The molecule has 8 heteroatoms. The molecule has 0 unspecified atom stereocenters. The van der Waals surface area contributed by atoms with Crippen LogP contribution in [-0.4, -0.2) is 79.3 Å². The van der Waals surface area contributed by atoms with Gasteiger partial charge in [0.25, 0.3) is 5.92 Å². The van der Waals surface area contributed by atoms with Gasteiger partial charge < -0.3 is 19.3 Å². The molecule has 1 aliphatic carbocycles. The van der Waals surface area contributed by atoms with Crippen molar-refractivity contribution in [1.29, 1.82) is 0 Å². The summed E-state index contributed by atoms with van der Waals surface area (Å²) in [4.78, 5) is 18.6. The molecule has 3 heterocycles. The van der Waals surface area contributed by atoms with E-state index in [0.717, 1.165) is 24.3 Å². The summed E-state index contributed by atoms with van der Waals surface area (Å²) in [6.07, 6.45) is 5.77. The van der Waals surface area contributed by atoms with Crippen molar-refractivity contribution in [3.8, 4) is 5.75 Å². The number of carbonyl (C=O) groups excluding carboxylic acids is 1. The Bertz CT molecular complexity index is 784. The van der Waals surface area contributed by atoms with Gasteiger partial charge in [-0.15, -0.1) is 0 Å². The van der Waals surface area contributed by atoms with Gasteiger partial charge in [-0.1, -0.05) is 6.42 Å². The Balaban J connectivity index is 1.14. The van der Waals surface area contributed by atoms with Crippen molar-refractivity contribution in [2.45, 2.75) is 69.1 Å². The zero-order chi connectivity index (χ0) is 22.1. The molecule has 6 nitrogen and oxygen atoms in total. The number of piperidine rings is 2. The van der Waals surface area contributed by atoms with Gasteiger partial charge in [-0.05, 0) is 50.2 Å². The maximum Gasteiger partial charge on any atom is 0.414 e. The van der Waals surface area contributed by atoms with E-state index in [4.69, 9.17) is 9.47 Å².